The van der Waals surface area contributed by atoms with E-state index in [-0.39, 0.29) is 24.6 Å². The first-order chi connectivity index (χ1) is 19.2. The molecule has 202 valence electrons. The predicted octanol–water partition coefficient (Wildman–Crippen LogP) is 7.99. The summed E-state index contributed by atoms with van der Waals surface area (Å²) in [6.07, 6.45) is -2.45. The van der Waals surface area contributed by atoms with Crippen molar-refractivity contribution in [3.05, 3.63) is 125 Å². The lowest BCUT2D eigenvalue weighted by Crippen LogP contribution is -2.07. The van der Waals surface area contributed by atoms with Gasteiger partial charge in [0.25, 0.3) is 0 Å². The summed E-state index contributed by atoms with van der Waals surface area (Å²) >= 11 is 0. The molecule has 0 amide bonds. The first-order valence-electron chi connectivity index (χ1n) is 12.3. The highest BCUT2D eigenvalue weighted by Gasteiger charge is 2.30. The molecular weight excluding hydrogens is 527 g/mol. The van der Waals surface area contributed by atoms with Gasteiger partial charge in [0.2, 0.25) is 0 Å². The molecule has 0 fully saturated rings. The normalized spacial score (nSPS) is 11.5. The van der Waals surface area contributed by atoms with Gasteiger partial charge in [0.1, 0.15) is 6.61 Å². The van der Waals surface area contributed by atoms with Gasteiger partial charge in [-0.25, -0.2) is 18.7 Å². The van der Waals surface area contributed by atoms with Crippen molar-refractivity contribution >= 4 is 16.6 Å². The second kappa shape index (κ2) is 11.2. The topological polar surface area (TPSA) is 52.1 Å². The van der Waals surface area contributed by atoms with E-state index < -0.39 is 29.1 Å². The quantitative estimate of drug-likeness (QED) is 0.146. The maximum Gasteiger partial charge on any atom is 0.416 e. The van der Waals surface area contributed by atoms with Crippen LogP contribution in [0.4, 0.5) is 22.0 Å². The van der Waals surface area contributed by atoms with E-state index in [0.29, 0.717) is 23.2 Å². The summed E-state index contributed by atoms with van der Waals surface area (Å²) in [6.45, 7) is -0.244. The second-order valence-corrected chi connectivity index (χ2v) is 9.04. The van der Waals surface area contributed by atoms with Crippen LogP contribution in [0.2, 0.25) is 0 Å². The van der Waals surface area contributed by atoms with Gasteiger partial charge in [-0.15, -0.1) is 0 Å². The highest BCUT2D eigenvalue weighted by molar-refractivity contribution is 6.03. The molecule has 4 aromatic carbocycles. The molecule has 5 aromatic rings. The molecule has 40 heavy (non-hydrogen) atoms. The van der Waals surface area contributed by atoms with Crippen LogP contribution in [0.1, 0.15) is 33.9 Å². The van der Waals surface area contributed by atoms with Crippen molar-refractivity contribution in [2.75, 3.05) is 0 Å². The molecule has 0 unspecified atom stereocenters. The molecule has 9 heteroatoms. The number of carbonyl (C=O) groups is 1. The Hall–Kier alpha value is -4.66. The van der Waals surface area contributed by atoms with Gasteiger partial charge in [-0.1, -0.05) is 48.5 Å². The number of aryl methyl sites for hydroxylation is 1. The highest BCUT2D eigenvalue weighted by atomic mass is 19.4. The minimum atomic E-state index is -4.41. The van der Waals surface area contributed by atoms with Gasteiger partial charge in [-0.3, -0.25) is 4.79 Å². The minimum absolute atomic E-state index is 0.119. The van der Waals surface area contributed by atoms with Gasteiger partial charge in [-0.2, -0.15) is 13.2 Å². The number of fused-ring (bicyclic) bond motifs is 1. The first-order valence-corrected chi connectivity index (χ1v) is 12.3. The van der Waals surface area contributed by atoms with Gasteiger partial charge in [0, 0.05) is 23.9 Å². The fraction of sp³-hybridized carbons (Fsp3) is 0.129. The molecule has 1 heterocycles. The lowest BCUT2D eigenvalue weighted by atomic mass is 9.95. The van der Waals surface area contributed by atoms with Crippen molar-refractivity contribution < 1.29 is 31.5 Å². The average Bonchev–Trinajstić information content (AvgIpc) is 2.95. The SMILES string of the molecule is O=C(CCc1ccnc(COc2c(F)cccc2F)n1)c1ccc2c(-c3ccc(C(F)(F)F)cc3)cccc2c1. The van der Waals surface area contributed by atoms with Crippen LogP contribution in [0, 0.1) is 11.6 Å². The fourth-order valence-electron chi connectivity index (χ4n) is 4.34. The number of ketones is 1. The van der Waals surface area contributed by atoms with E-state index in [2.05, 4.69) is 9.97 Å². The summed E-state index contributed by atoms with van der Waals surface area (Å²) in [5.41, 5.74) is 1.74. The Bertz CT molecular complexity index is 1660. The molecule has 0 saturated heterocycles. The molecule has 0 radical (unpaired) electrons. The largest absolute Gasteiger partial charge is 0.479 e. The number of hydrogen-bond donors (Lipinski definition) is 0. The van der Waals surface area contributed by atoms with E-state index in [1.54, 1.807) is 30.3 Å². The van der Waals surface area contributed by atoms with Gasteiger partial charge < -0.3 is 4.74 Å². The summed E-state index contributed by atoms with van der Waals surface area (Å²) in [7, 11) is 0. The lowest BCUT2D eigenvalue weighted by molar-refractivity contribution is -0.137. The van der Waals surface area contributed by atoms with Crippen LogP contribution in [0.3, 0.4) is 0 Å². The number of benzene rings is 4. The number of Topliss-reactive ketones (excluding diaryl/α,β-unsaturated/α-hetero) is 1. The number of carbonyl (C=O) groups excluding carboxylic acids is 1. The first kappa shape index (κ1) is 26.9. The summed E-state index contributed by atoms with van der Waals surface area (Å²) in [5, 5.41) is 1.59. The Morgan fingerprint density at radius 2 is 1.57 bits per heavy atom. The molecular formula is C31H21F5N2O2. The number of nitrogens with zero attached hydrogens (tertiary/aromatic N) is 2. The molecule has 5 rings (SSSR count). The van der Waals surface area contributed by atoms with Crippen LogP contribution < -0.4 is 4.74 Å². The van der Waals surface area contributed by atoms with Crippen molar-refractivity contribution in [3.8, 4) is 16.9 Å². The van der Waals surface area contributed by atoms with Crippen LogP contribution in [0.25, 0.3) is 21.9 Å². The van der Waals surface area contributed by atoms with Crippen molar-refractivity contribution in [1.29, 1.82) is 0 Å². The number of rotatable bonds is 8. The van der Waals surface area contributed by atoms with Crippen molar-refractivity contribution in [1.82, 2.24) is 9.97 Å². The van der Waals surface area contributed by atoms with E-state index >= 15 is 0 Å². The van der Waals surface area contributed by atoms with Crippen molar-refractivity contribution in [2.24, 2.45) is 0 Å². The smallest absolute Gasteiger partial charge is 0.416 e. The molecule has 1 aromatic heterocycles. The number of hydrogen-bond acceptors (Lipinski definition) is 4. The summed E-state index contributed by atoms with van der Waals surface area (Å²) in [4.78, 5) is 21.3. The van der Waals surface area contributed by atoms with Crippen molar-refractivity contribution in [3.63, 3.8) is 0 Å². The van der Waals surface area contributed by atoms with Gasteiger partial charge in [-0.05, 0) is 64.7 Å². The summed E-state index contributed by atoms with van der Waals surface area (Å²) in [6, 6.07) is 20.7. The molecule has 0 atom stereocenters. The lowest BCUT2D eigenvalue weighted by Gasteiger charge is -2.11. The Labute approximate surface area is 226 Å². The third-order valence-electron chi connectivity index (χ3n) is 6.36. The second-order valence-electron chi connectivity index (χ2n) is 9.04. The van der Waals surface area contributed by atoms with Crippen LogP contribution in [-0.4, -0.2) is 15.8 Å². The van der Waals surface area contributed by atoms with E-state index in [0.717, 1.165) is 40.6 Å². The maximum absolute atomic E-state index is 13.8. The Balaban J connectivity index is 1.27. The van der Waals surface area contributed by atoms with Gasteiger partial charge >= 0.3 is 6.18 Å². The van der Waals surface area contributed by atoms with E-state index in [9.17, 15) is 26.7 Å². The van der Waals surface area contributed by atoms with E-state index in [1.165, 1.54) is 24.4 Å². The average molecular weight is 549 g/mol. The standard InChI is InChI=1S/C31H21F5N2O2/c32-26-5-2-6-27(33)30(26)40-18-29-37-16-15-23(38-29)12-14-28(39)21-9-13-25-20(17-21)3-1-4-24(25)19-7-10-22(11-8-19)31(34,35)36/h1-11,13,15-17H,12,14,18H2. The third kappa shape index (κ3) is 5.98. The molecule has 0 aliphatic heterocycles. The van der Waals surface area contributed by atoms with Crippen LogP contribution >= 0.6 is 0 Å². The summed E-state index contributed by atoms with van der Waals surface area (Å²) < 4.78 is 71.6. The van der Waals surface area contributed by atoms with E-state index in [1.807, 2.05) is 12.1 Å². The van der Waals surface area contributed by atoms with Crippen LogP contribution in [0.5, 0.6) is 5.75 Å². The zero-order valence-electron chi connectivity index (χ0n) is 20.9. The van der Waals surface area contributed by atoms with Crippen LogP contribution in [-0.2, 0) is 19.2 Å². The van der Waals surface area contributed by atoms with Gasteiger partial charge in [0.15, 0.2) is 29.0 Å². The van der Waals surface area contributed by atoms with Gasteiger partial charge in [0.05, 0.1) is 5.56 Å². The molecule has 0 aliphatic rings. The zero-order valence-corrected chi connectivity index (χ0v) is 20.9. The fourth-order valence-corrected chi connectivity index (χ4v) is 4.34. The molecule has 0 aliphatic carbocycles. The molecule has 0 spiro atoms. The van der Waals surface area contributed by atoms with Crippen molar-refractivity contribution in [2.45, 2.75) is 25.6 Å². The molecule has 4 nitrogen and oxygen atoms in total. The Morgan fingerprint density at radius 1 is 0.850 bits per heavy atom. The number of ether oxygens (including phenoxy) is 1. The molecule has 0 saturated carbocycles. The molecule has 0 bridgehead atoms. The predicted molar refractivity (Wildman–Crippen MR) is 140 cm³/mol. The Kier molecular flexibility index (Phi) is 7.55. The number of halogens is 5. The monoisotopic (exact) mass is 548 g/mol. The Morgan fingerprint density at radius 3 is 2.30 bits per heavy atom. The third-order valence-corrected chi connectivity index (χ3v) is 6.36. The van der Waals surface area contributed by atoms with Crippen LogP contribution in [0.15, 0.2) is 91.1 Å². The highest BCUT2D eigenvalue weighted by Crippen LogP contribution is 2.33. The zero-order chi connectivity index (χ0) is 28.3. The molecule has 0 N–H and O–H groups in total. The minimum Gasteiger partial charge on any atom is -0.479 e. The van der Waals surface area contributed by atoms with E-state index in [4.69, 9.17) is 4.74 Å². The maximum atomic E-state index is 13.8. The summed E-state index contributed by atoms with van der Waals surface area (Å²) in [5.74, 6) is -2.07. The number of aromatic nitrogens is 2. The number of para-hydroxylation sites is 1. The number of alkyl halides is 3.